The molecule has 6 nitrogen and oxygen atoms in total. The van der Waals surface area contributed by atoms with E-state index in [4.69, 9.17) is 4.74 Å². The summed E-state index contributed by atoms with van der Waals surface area (Å²) in [4.78, 5) is 37.0. The minimum absolute atomic E-state index is 0.00565. The van der Waals surface area contributed by atoms with Crippen LogP contribution in [0.1, 0.15) is 6.42 Å². The molecule has 1 unspecified atom stereocenters. The lowest BCUT2D eigenvalue weighted by atomic mass is 9.98. The molecule has 1 aromatic carbocycles. The topological polar surface area (TPSA) is 75.7 Å². The van der Waals surface area contributed by atoms with Gasteiger partial charge in [-0.25, -0.2) is 4.39 Å². The molecule has 24 heavy (non-hydrogen) atoms. The smallest absolute Gasteiger partial charge is 0.260 e. The molecule has 2 aliphatic rings. The average Bonchev–Trinajstić information content (AvgIpc) is 2.90. The van der Waals surface area contributed by atoms with Crippen LogP contribution in [0.3, 0.4) is 0 Å². The first kappa shape index (κ1) is 16.8. The fraction of sp³-hybridized carbons (Fsp3) is 0.438. The Morgan fingerprint density at radius 3 is 2.75 bits per heavy atom. The van der Waals surface area contributed by atoms with E-state index in [0.29, 0.717) is 19.5 Å². The van der Waals surface area contributed by atoms with Crippen LogP contribution in [0.5, 0.6) is 5.75 Å². The van der Waals surface area contributed by atoms with E-state index in [1.54, 1.807) is 6.07 Å². The molecule has 0 radical (unpaired) electrons. The Morgan fingerprint density at radius 2 is 2.08 bits per heavy atom. The number of para-hydroxylation sites is 1. The Bertz CT molecular complexity index is 663. The third kappa shape index (κ3) is 3.69. The highest BCUT2D eigenvalue weighted by atomic mass is 32.2. The maximum Gasteiger partial charge on any atom is 0.260 e. The van der Waals surface area contributed by atoms with Crippen LogP contribution in [0.15, 0.2) is 24.3 Å². The second-order valence-electron chi connectivity index (χ2n) is 5.73. The van der Waals surface area contributed by atoms with E-state index in [2.05, 4.69) is 5.32 Å². The van der Waals surface area contributed by atoms with Gasteiger partial charge in [-0.15, -0.1) is 0 Å². The van der Waals surface area contributed by atoms with Gasteiger partial charge in [0.25, 0.3) is 5.91 Å². The van der Waals surface area contributed by atoms with Gasteiger partial charge in [0.2, 0.25) is 11.0 Å². The van der Waals surface area contributed by atoms with Crippen molar-refractivity contribution in [2.24, 2.45) is 5.92 Å². The molecule has 0 spiro atoms. The summed E-state index contributed by atoms with van der Waals surface area (Å²) < 4.78 is 18.6. The molecule has 8 heteroatoms. The van der Waals surface area contributed by atoms with Crippen molar-refractivity contribution in [3.63, 3.8) is 0 Å². The van der Waals surface area contributed by atoms with Crippen molar-refractivity contribution in [2.75, 3.05) is 25.4 Å². The zero-order chi connectivity index (χ0) is 17.1. The number of carbonyl (C=O) groups excluding carboxylic acids is 3. The number of carbonyl (C=O) groups is 3. The maximum atomic E-state index is 13.4. The Balaban J connectivity index is 1.41. The molecule has 2 fully saturated rings. The van der Waals surface area contributed by atoms with Gasteiger partial charge < -0.3 is 15.0 Å². The Hall–Kier alpha value is -2.09. The normalized spacial score (nSPS) is 20.6. The monoisotopic (exact) mass is 352 g/mol. The van der Waals surface area contributed by atoms with E-state index in [1.165, 1.54) is 34.9 Å². The number of ether oxygens (including phenoxy) is 1. The minimum atomic E-state index is -0.523. The van der Waals surface area contributed by atoms with E-state index in [-0.39, 0.29) is 35.2 Å². The van der Waals surface area contributed by atoms with Gasteiger partial charge >= 0.3 is 0 Å². The number of nitrogens with one attached hydrogen (secondary N) is 1. The molecular weight excluding hydrogens is 335 g/mol. The third-order valence-electron chi connectivity index (χ3n) is 4.04. The van der Waals surface area contributed by atoms with Gasteiger partial charge in [-0.3, -0.25) is 14.4 Å². The standard InChI is InChI=1S/C16H17FN2O4S/c17-11-3-1-2-4-13(11)23-9-14(20)19-7-10(8-19)15(21)18-12-5-6-24-16(12)22/h1-4,10,12H,5-9H2,(H,18,21). The highest BCUT2D eigenvalue weighted by Gasteiger charge is 2.38. The SMILES string of the molecule is O=C(NC1CCSC1=O)C1CN(C(=O)COc2ccccc2F)C1. The molecule has 0 bridgehead atoms. The predicted molar refractivity (Wildman–Crippen MR) is 86.0 cm³/mol. The van der Waals surface area contributed by atoms with Gasteiger partial charge in [-0.05, 0) is 18.6 Å². The zero-order valence-electron chi connectivity index (χ0n) is 12.9. The quantitative estimate of drug-likeness (QED) is 0.849. The molecule has 0 saturated carbocycles. The number of rotatable bonds is 5. The summed E-state index contributed by atoms with van der Waals surface area (Å²) in [5, 5.41) is 2.72. The number of thioether (sulfide) groups is 1. The summed E-state index contributed by atoms with van der Waals surface area (Å²) in [5.74, 6) is -0.569. The Morgan fingerprint density at radius 1 is 1.33 bits per heavy atom. The summed E-state index contributed by atoms with van der Waals surface area (Å²) in [5.41, 5.74) is 0. The minimum Gasteiger partial charge on any atom is -0.481 e. The van der Waals surface area contributed by atoms with Crippen molar-refractivity contribution in [2.45, 2.75) is 12.5 Å². The predicted octanol–water partition coefficient (Wildman–Crippen LogP) is 0.811. The number of halogens is 1. The highest BCUT2D eigenvalue weighted by molar-refractivity contribution is 8.14. The van der Waals surface area contributed by atoms with Crippen LogP contribution in [-0.2, 0) is 14.4 Å². The largest absolute Gasteiger partial charge is 0.481 e. The number of amides is 2. The van der Waals surface area contributed by atoms with E-state index >= 15 is 0 Å². The molecule has 128 valence electrons. The molecular formula is C16H17FN2O4S. The molecule has 0 aromatic heterocycles. The van der Waals surface area contributed by atoms with Crippen molar-refractivity contribution < 1.29 is 23.5 Å². The van der Waals surface area contributed by atoms with Crippen LogP contribution in [0.2, 0.25) is 0 Å². The van der Waals surface area contributed by atoms with E-state index in [9.17, 15) is 18.8 Å². The van der Waals surface area contributed by atoms with Crippen LogP contribution in [0, 0.1) is 11.7 Å². The maximum absolute atomic E-state index is 13.4. The molecule has 2 amide bonds. The lowest BCUT2D eigenvalue weighted by Gasteiger charge is -2.38. The van der Waals surface area contributed by atoms with Gasteiger partial charge in [0.05, 0.1) is 12.0 Å². The van der Waals surface area contributed by atoms with E-state index < -0.39 is 11.9 Å². The van der Waals surface area contributed by atoms with Gasteiger partial charge in [-0.1, -0.05) is 23.9 Å². The summed E-state index contributed by atoms with van der Waals surface area (Å²) in [6.07, 6.45) is 0.654. The van der Waals surface area contributed by atoms with Crippen LogP contribution in [0.4, 0.5) is 4.39 Å². The first-order chi connectivity index (χ1) is 11.5. The van der Waals surface area contributed by atoms with Crippen molar-refractivity contribution in [1.82, 2.24) is 10.2 Å². The van der Waals surface area contributed by atoms with Crippen molar-refractivity contribution in [1.29, 1.82) is 0 Å². The van der Waals surface area contributed by atoms with Gasteiger partial charge in [-0.2, -0.15) is 0 Å². The number of benzene rings is 1. The van der Waals surface area contributed by atoms with Gasteiger partial charge in [0.1, 0.15) is 0 Å². The Kier molecular flexibility index (Phi) is 5.03. The molecule has 2 saturated heterocycles. The average molecular weight is 352 g/mol. The third-order valence-corrected chi connectivity index (χ3v) is 5.05. The van der Waals surface area contributed by atoms with Crippen LogP contribution < -0.4 is 10.1 Å². The van der Waals surface area contributed by atoms with Gasteiger partial charge in [0, 0.05) is 18.8 Å². The molecule has 1 atom stereocenters. The van der Waals surface area contributed by atoms with Crippen molar-refractivity contribution in [3.05, 3.63) is 30.1 Å². The summed E-state index contributed by atoms with van der Waals surface area (Å²) in [6.45, 7) is 0.311. The first-order valence-electron chi connectivity index (χ1n) is 7.66. The first-order valence-corrected chi connectivity index (χ1v) is 8.65. The fourth-order valence-electron chi connectivity index (χ4n) is 2.56. The lowest BCUT2D eigenvalue weighted by Crippen LogP contribution is -2.58. The molecule has 2 aliphatic heterocycles. The van der Waals surface area contributed by atoms with Crippen LogP contribution in [0.25, 0.3) is 0 Å². The molecule has 2 heterocycles. The molecule has 1 aromatic rings. The number of nitrogens with zero attached hydrogens (tertiary/aromatic N) is 1. The van der Waals surface area contributed by atoms with Crippen molar-refractivity contribution in [3.8, 4) is 5.75 Å². The van der Waals surface area contributed by atoms with Crippen LogP contribution in [-0.4, -0.2) is 53.3 Å². The van der Waals surface area contributed by atoms with Crippen LogP contribution >= 0.6 is 11.8 Å². The number of hydrogen-bond acceptors (Lipinski definition) is 5. The second-order valence-corrected chi connectivity index (χ2v) is 6.83. The summed E-state index contributed by atoms with van der Waals surface area (Å²) >= 11 is 1.23. The molecule has 1 N–H and O–H groups in total. The summed E-state index contributed by atoms with van der Waals surface area (Å²) in [6, 6.07) is 5.46. The van der Waals surface area contributed by atoms with E-state index in [1.807, 2.05) is 0 Å². The molecule has 3 rings (SSSR count). The Labute approximate surface area is 142 Å². The fourth-order valence-corrected chi connectivity index (χ4v) is 3.49. The zero-order valence-corrected chi connectivity index (χ0v) is 13.7. The van der Waals surface area contributed by atoms with E-state index in [0.717, 1.165) is 5.75 Å². The summed E-state index contributed by atoms with van der Waals surface area (Å²) in [7, 11) is 0. The number of hydrogen-bond donors (Lipinski definition) is 1. The van der Waals surface area contributed by atoms with Gasteiger partial charge in [0.15, 0.2) is 18.2 Å². The molecule has 0 aliphatic carbocycles. The second kappa shape index (κ2) is 7.21. The highest BCUT2D eigenvalue weighted by Crippen LogP contribution is 2.22. The number of likely N-dealkylation sites (tertiary alicyclic amines) is 1. The van der Waals surface area contributed by atoms with Crippen molar-refractivity contribution >= 4 is 28.7 Å². The lowest BCUT2D eigenvalue weighted by molar-refractivity contribution is -0.145.